The lowest BCUT2D eigenvalue weighted by atomic mass is 10.1. The van der Waals surface area contributed by atoms with E-state index in [4.69, 9.17) is 28.4 Å². The third-order valence-corrected chi connectivity index (χ3v) is 9.17. The van der Waals surface area contributed by atoms with Crippen LogP contribution >= 0.6 is 22.7 Å². The Morgan fingerprint density at radius 1 is 0.711 bits per heavy atom. The van der Waals surface area contributed by atoms with Crippen molar-refractivity contribution in [3.63, 3.8) is 0 Å². The fraction of sp³-hybridized carbons (Fsp3) is 0.424. The van der Waals surface area contributed by atoms with E-state index in [1.54, 1.807) is 40.2 Å². The molecule has 0 bridgehead atoms. The van der Waals surface area contributed by atoms with Crippen LogP contribution in [0.4, 0.5) is 0 Å². The number of rotatable bonds is 18. The average Bonchev–Trinajstić information content (AvgIpc) is 3.66. The molecule has 2 aromatic carbocycles. The summed E-state index contributed by atoms with van der Waals surface area (Å²) < 4.78 is 35.0. The van der Waals surface area contributed by atoms with Crippen LogP contribution in [0.1, 0.15) is 52.0 Å². The second-order valence-corrected chi connectivity index (χ2v) is 12.3. The molecule has 242 valence electrons. The zero-order valence-corrected chi connectivity index (χ0v) is 27.9. The summed E-state index contributed by atoms with van der Waals surface area (Å²) in [6.07, 6.45) is 1.52. The first-order valence-corrected chi connectivity index (χ1v) is 16.3. The summed E-state index contributed by atoms with van der Waals surface area (Å²) in [7, 11) is 6.60. The summed E-state index contributed by atoms with van der Waals surface area (Å²) in [6, 6.07) is 11.2. The topological polar surface area (TPSA) is 110 Å². The van der Waals surface area contributed by atoms with Gasteiger partial charge in [0.25, 0.3) is 5.91 Å². The maximum absolute atomic E-state index is 12.9. The van der Waals surface area contributed by atoms with E-state index in [1.165, 1.54) is 22.7 Å². The molecule has 2 aromatic heterocycles. The first-order chi connectivity index (χ1) is 21.8. The van der Waals surface area contributed by atoms with Gasteiger partial charge >= 0.3 is 5.97 Å². The van der Waals surface area contributed by atoms with Gasteiger partial charge in [-0.15, -0.1) is 22.7 Å². The van der Waals surface area contributed by atoms with Crippen LogP contribution in [0.15, 0.2) is 36.4 Å². The van der Waals surface area contributed by atoms with E-state index < -0.39 is 0 Å². The molecule has 45 heavy (non-hydrogen) atoms. The molecule has 0 N–H and O–H groups in total. The van der Waals surface area contributed by atoms with Crippen LogP contribution in [0.2, 0.25) is 0 Å². The number of ether oxygens (including phenoxy) is 6. The second-order valence-electron chi connectivity index (χ2n) is 10.2. The normalized spacial score (nSPS) is 11.0. The quantitative estimate of drug-likeness (QED) is 0.0663. The predicted octanol–water partition coefficient (Wildman–Crippen LogP) is 6.62. The van der Waals surface area contributed by atoms with Gasteiger partial charge < -0.3 is 33.3 Å². The summed E-state index contributed by atoms with van der Waals surface area (Å²) in [6.45, 7) is 4.00. The highest BCUT2D eigenvalue weighted by atomic mass is 32.1. The number of ketones is 1. The van der Waals surface area contributed by atoms with Crippen molar-refractivity contribution in [2.75, 3.05) is 61.3 Å². The fourth-order valence-electron chi connectivity index (χ4n) is 4.61. The van der Waals surface area contributed by atoms with Crippen LogP contribution in [-0.4, -0.2) is 83.9 Å². The first kappa shape index (κ1) is 34.0. The highest BCUT2D eigenvalue weighted by Gasteiger charge is 2.18. The van der Waals surface area contributed by atoms with Crippen molar-refractivity contribution < 1.29 is 42.8 Å². The minimum atomic E-state index is -0.377. The number of carbonyl (C=O) groups is 3. The average molecular weight is 658 g/mol. The van der Waals surface area contributed by atoms with Gasteiger partial charge in [0.2, 0.25) is 0 Å². The van der Waals surface area contributed by atoms with Gasteiger partial charge in [-0.3, -0.25) is 14.4 Å². The second kappa shape index (κ2) is 16.4. The highest BCUT2D eigenvalue weighted by molar-refractivity contribution is 7.21. The lowest BCUT2D eigenvalue weighted by Gasteiger charge is -2.15. The van der Waals surface area contributed by atoms with E-state index in [2.05, 4.69) is 0 Å². The van der Waals surface area contributed by atoms with Crippen LogP contribution in [0.5, 0.6) is 23.0 Å². The zero-order valence-electron chi connectivity index (χ0n) is 26.3. The molecular weight excluding hydrogens is 618 g/mol. The number of amides is 1. The maximum Gasteiger partial charge on any atom is 0.306 e. The maximum atomic E-state index is 12.9. The molecule has 1 amide bonds. The number of hydrogen-bond acceptors (Lipinski definition) is 11. The first-order valence-electron chi connectivity index (χ1n) is 14.7. The monoisotopic (exact) mass is 657 g/mol. The van der Waals surface area contributed by atoms with Crippen LogP contribution < -0.4 is 18.9 Å². The van der Waals surface area contributed by atoms with Crippen molar-refractivity contribution in [3.8, 4) is 23.0 Å². The van der Waals surface area contributed by atoms with E-state index >= 15 is 0 Å². The molecule has 4 aromatic rings. The lowest BCUT2D eigenvalue weighted by Crippen LogP contribution is -2.27. The molecule has 0 aliphatic heterocycles. The molecule has 10 nitrogen and oxygen atoms in total. The molecule has 0 saturated heterocycles. The molecule has 0 aliphatic carbocycles. The Hall–Kier alpha value is -3.87. The smallest absolute Gasteiger partial charge is 0.306 e. The summed E-state index contributed by atoms with van der Waals surface area (Å²) in [4.78, 5) is 40.1. The van der Waals surface area contributed by atoms with Gasteiger partial charge in [0.15, 0.2) is 28.8 Å². The van der Waals surface area contributed by atoms with Gasteiger partial charge in [0.05, 0.1) is 50.2 Å². The zero-order chi connectivity index (χ0) is 32.3. The fourth-order valence-corrected chi connectivity index (χ4v) is 6.72. The predicted molar refractivity (Wildman–Crippen MR) is 176 cm³/mol. The van der Waals surface area contributed by atoms with Crippen LogP contribution in [0, 0.1) is 0 Å². The van der Waals surface area contributed by atoms with E-state index in [1.807, 2.05) is 36.4 Å². The van der Waals surface area contributed by atoms with Crippen molar-refractivity contribution >= 4 is 60.5 Å². The van der Waals surface area contributed by atoms with Crippen LogP contribution in [0.3, 0.4) is 0 Å². The Labute approximate surface area is 270 Å². The van der Waals surface area contributed by atoms with Gasteiger partial charge in [-0.25, -0.2) is 0 Å². The third-order valence-electron chi connectivity index (χ3n) is 6.94. The Morgan fingerprint density at radius 2 is 1.29 bits per heavy atom. The molecular formula is C33H39NO9S2. The SMILES string of the molecule is CCOC(=O)CCC(=O)c1cc2cc(OCCCOc3cc4sc(C(=O)N(C)CCCOC)cc4cc3OC)c(OC)cc2s1. The minimum Gasteiger partial charge on any atom is -0.493 e. The summed E-state index contributed by atoms with van der Waals surface area (Å²) >= 11 is 2.78. The molecule has 0 aliphatic rings. The molecule has 4 rings (SSSR count). The van der Waals surface area contributed by atoms with E-state index in [0.29, 0.717) is 72.1 Å². The Bertz CT molecular complexity index is 1630. The number of carbonyl (C=O) groups excluding carboxylic acids is 3. The molecule has 0 unspecified atom stereocenters. The molecule has 2 heterocycles. The number of esters is 1. The number of thiophene rings is 2. The highest BCUT2D eigenvalue weighted by Crippen LogP contribution is 2.38. The minimum absolute atomic E-state index is 0.0289. The van der Waals surface area contributed by atoms with Gasteiger partial charge in [0.1, 0.15) is 0 Å². The molecule has 0 atom stereocenters. The molecule has 0 spiro atoms. The lowest BCUT2D eigenvalue weighted by molar-refractivity contribution is -0.143. The molecule has 0 radical (unpaired) electrons. The van der Waals surface area contributed by atoms with Crippen molar-refractivity contribution in [2.45, 2.75) is 32.6 Å². The number of fused-ring (bicyclic) bond motifs is 2. The molecule has 12 heteroatoms. The summed E-state index contributed by atoms with van der Waals surface area (Å²) in [5.74, 6) is 1.80. The van der Waals surface area contributed by atoms with Crippen molar-refractivity contribution in [1.82, 2.24) is 4.90 Å². The van der Waals surface area contributed by atoms with E-state index in [9.17, 15) is 14.4 Å². The summed E-state index contributed by atoms with van der Waals surface area (Å²) in [5.41, 5.74) is 0. The van der Waals surface area contributed by atoms with Gasteiger partial charge in [0, 0.05) is 61.7 Å². The van der Waals surface area contributed by atoms with Gasteiger partial charge in [-0.2, -0.15) is 0 Å². The molecule has 0 fully saturated rings. The van der Waals surface area contributed by atoms with Gasteiger partial charge in [-0.05, 0) is 48.4 Å². The molecule has 0 saturated carbocycles. The Morgan fingerprint density at radius 3 is 1.93 bits per heavy atom. The number of benzene rings is 2. The third kappa shape index (κ3) is 8.86. The van der Waals surface area contributed by atoms with Crippen LogP contribution in [-0.2, 0) is 14.3 Å². The number of nitrogens with zero attached hydrogens (tertiary/aromatic N) is 1. The number of hydrogen-bond donors (Lipinski definition) is 0. The van der Waals surface area contributed by atoms with Gasteiger partial charge in [-0.1, -0.05) is 0 Å². The largest absolute Gasteiger partial charge is 0.493 e. The number of Topliss-reactive ketones (excluding diaryl/α,β-unsaturated/α-hetero) is 1. The Kier molecular flexibility index (Phi) is 12.4. The summed E-state index contributed by atoms with van der Waals surface area (Å²) in [5, 5.41) is 1.78. The van der Waals surface area contributed by atoms with Crippen molar-refractivity contribution in [3.05, 3.63) is 46.2 Å². The van der Waals surface area contributed by atoms with E-state index in [-0.39, 0.29) is 30.5 Å². The van der Waals surface area contributed by atoms with Crippen LogP contribution in [0.25, 0.3) is 20.2 Å². The van der Waals surface area contributed by atoms with E-state index in [0.717, 1.165) is 26.6 Å². The number of methoxy groups -OCH3 is 3. The van der Waals surface area contributed by atoms with Crippen molar-refractivity contribution in [1.29, 1.82) is 0 Å². The standard InChI is InChI=1S/C33H39NO9S2/c1-6-41-32(36)10-9-23(35)30-17-22-16-26(25(40-5)19-28(22)44-30)42-13-8-14-43-27-20-29-21(15-24(27)39-4)18-31(45-29)33(37)34(2)11-7-12-38-3/h15-20H,6-14H2,1-5H3. The Balaban J connectivity index is 1.34. The van der Waals surface area contributed by atoms with Crippen molar-refractivity contribution in [2.24, 2.45) is 0 Å².